The average Bonchev–Trinajstić information content (AvgIpc) is 2.66. The van der Waals surface area contributed by atoms with Gasteiger partial charge in [0.05, 0.1) is 0 Å². The molecule has 0 saturated carbocycles. The number of hydrogen-bond acceptors (Lipinski definition) is 0. The second-order valence-electron chi connectivity index (χ2n) is 7.47. The average molecular weight is 394 g/mol. The zero-order valence-electron chi connectivity index (χ0n) is 15.6. The van der Waals surface area contributed by atoms with E-state index in [1.165, 1.54) is 43.5 Å². The molecule has 0 unspecified atom stereocenters. The van der Waals surface area contributed by atoms with Crippen LogP contribution in [0.4, 0.5) is 17.6 Å². The fourth-order valence-corrected chi connectivity index (χ4v) is 6.98. The number of benzene rings is 2. The van der Waals surface area contributed by atoms with E-state index in [1.54, 1.807) is 6.07 Å². The van der Waals surface area contributed by atoms with E-state index in [9.17, 15) is 17.6 Å². The minimum absolute atomic E-state index is 0.0144. The lowest BCUT2D eigenvalue weighted by Crippen LogP contribution is -2.20. The van der Waals surface area contributed by atoms with Gasteiger partial charge in [0.2, 0.25) is 0 Å². The van der Waals surface area contributed by atoms with Gasteiger partial charge in [-0.3, -0.25) is 0 Å². The third-order valence-corrected chi connectivity index (χ3v) is 8.64. The fraction of sp³-hybridized carbons (Fsp3) is 0.455. The monoisotopic (exact) mass is 393 g/mol. The molecule has 27 heavy (non-hydrogen) atoms. The molecule has 2 aromatic carbocycles. The summed E-state index contributed by atoms with van der Waals surface area (Å²) in [4.78, 5) is 0. The molecule has 1 fully saturated rings. The van der Waals surface area contributed by atoms with Crippen LogP contribution >= 0.6 is 0 Å². The van der Waals surface area contributed by atoms with Gasteiger partial charge >= 0.3 is 0 Å². The largest absolute Gasteiger partial charge is 0.206 e. The molecule has 2 aromatic rings. The van der Waals surface area contributed by atoms with Crippen LogP contribution in [0.2, 0.25) is 18.1 Å². The van der Waals surface area contributed by atoms with Crippen LogP contribution in [0.5, 0.6) is 0 Å². The fourth-order valence-electron chi connectivity index (χ4n) is 3.96. The van der Waals surface area contributed by atoms with E-state index in [0.29, 0.717) is 5.92 Å². The molecule has 0 nitrogen and oxygen atoms in total. The SMILES string of the molecule is CCCCC[Si]1CCC(c2ccc(-c3cc(F)c(F)c(F)c3)c(F)c2)CC1. The summed E-state index contributed by atoms with van der Waals surface area (Å²) in [6.07, 6.45) is 6.10. The van der Waals surface area contributed by atoms with E-state index in [4.69, 9.17) is 0 Å². The maximum Gasteiger partial charge on any atom is 0.194 e. The summed E-state index contributed by atoms with van der Waals surface area (Å²) >= 11 is 0. The van der Waals surface area contributed by atoms with Gasteiger partial charge in [0.1, 0.15) is 5.82 Å². The molecule has 1 radical (unpaired) electrons. The first kappa shape index (κ1) is 20.1. The first-order valence-electron chi connectivity index (χ1n) is 9.77. The van der Waals surface area contributed by atoms with Gasteiger partial charge in [-0.2, -0.15) is 0 Å². The van der Waals surface area contributed by atoms with Crippen LogP contribution in [-0.4, -0.2) is 8.80 Å². The van der Waals surface area contributed by atoms with Crippen molar-refractivity contribution in [1.82, 2.24) is 0 Å². The van der Waals surface area contributed by atoms with E-state index in [1.807, 2.05) is 6.07 Å². The van der Waals surface area contributed by atoms with Crippen molar-refractivity contribution in [2.75, 3.05) is 0 Å². The Hall–Kier alpha value is -1.62. The lowest BCUT2D eigenvalue weighted by atomic mass is 9.91. The lowest BCUT2D eigenvalue weighted by molar-refractivity contribution is 0.447. The van der Waals surface area contributed by atoms with E-state index < -0.39 is 23.3 Å². The van der Waals surface area contributed by atoms with Gasteiger partial charge in [-0.1, -0.05) is 56.5 Å². The summed E-state index contributed by atoms with van der Waals surface area (Å²) in [7, 11) is -0.247. The Balaban J connectivity index is 1.69. The molecule has 0 N–H and O–H groups in total. The molecular weight excluding hydrogens is 368 g/mol. The third kappa shape index (κ3) is 4.81. The van der Waals surface area contributed by atoms with Crippen molar-refractivity contribution in [3.63, 3.8) is 0 Å². The van der Waals surface area contributed by atoms with Gasteiger partial charge in [-0.25, -0.2) is 17.6 Å². The molecule has 0 aliphatic carbocycles. The normalized spacial score (nSPS) is 16.0. The molecule has 0 amide bonds. The van der Waals surface area contributed by atoms with Crippen molar-refractivity contribution in [2.45, 2.75) is 63.1 Å². The maximum absolute atomic E-state index is 14.6. The van der Waals surface area contributed by atoms with Crippen LogP contribution in [0.3, 0.4) is 0 Å². The maximum atomic E-state index is 14.6. The van der Waals surface area contributed by atoms with E-state index in [2.05, 4.69) is 6.92 Å². The smallest absolute Gasteiger partial charge is 0.194 e. The molecule has 0 bridgehead atoms. The summed E-state index contributed by atoms with van der Waals surface area (Å²) < 4.78 is 54.6. The standard InChI is InChI=1S/C22H25F4Si/c1-2-3-4-9-27-10-7-15(8-11-27)16-5-6-18(19(23)12-16)17-13-20(24)22(26)21(25)14-17/h5-6,12-15H,2-4,7-11H2,1H3. The van der Waals surface area contributed by atoms with Crippen LogP contribution in [0.25, 0.3) is 11.1 Å². The minimum atomic E-state index is -1.53. The van der Waals surface area contributed by atoms with Gasteiger partial charge in [-0.05, 0) is 48.1 Å². The molecule has 145 valence electrons. The molecule has 0 atom stereocenters. The first-order chi connectivity index (χ1) is 13.0. The molecule has 3 rings (SSSR count). The van der Waals surface area contributed by atoms with Gasteiger partial charge in [-0.15, -0.1) is 0 Å². The van der Waals surface area contributed by atoms with Crippen LogP contribution in [-0.2, 0) is 0 Å². The van der Waals surface area contributed by atoms with E-state index in [0.717, 1.165) is 30.5 Å². The topological polar surface area (TPSA) is 0 Å². The summed E-state index contributed by atoms with van der Waals surface area (Å²) in [5.41, 5.74) is 1.06. The molecule has 1 aliphatic rings. The summed E-state index contributed by atoms with van der Waals surface area (Å²) in [5, 5.41) is 0. The Labute approximate surface area is 160 Å². The van der Waals surface area contributed by atoms with Crippen LogP contribution in [0.1, 0.15) is 50.5 Å². The molecule has 1 aliphatic heterocycles. The summed E-state index contributed by atoms with van der Waals surface area (Å²) in [6.45, 7) is 2.22. The highest BCUT2D eigenvalue weighted by Gasteiger charge is 2.24. The Bertz CT molecular complexity index is 759. The molecule has 5 heteroatoms. The zero-order chi connectivity index (χ0) is 19.4. The third-order valence-electron chi connectivity index (χ3n) is 5.59. The molecule has 1 saturated heterocycles. The number of rotatable bonds is 6. The van der Waals surface area contributed by atoms with Crippen molar-refractivity contribution in [1.29, 1.82) is 0 Å². The first-order valence-corrected chi connectivity index (χ1v) is 11.9. The van der Waals surface area contributed by atoms with Gasteiger partial charge in [0.25, 0.3) is 0 Å². The Morgan fingerprint density at radius 2 is 1.56 bits per heavy atom. The predicted octanol–water partition coefficient (Wildman–Crippen LogP) is 7.47. The van der Waals surface area contributed by atoms with Crippen molar-refractivity contribution in [3.8, 4) is 11.1 Å². The predicted molar refractivity (Wildman–Crippen MR) is 103 cm³/mol. The Kier molecular flexibility index (Phi) is 6.74. The van der Waals surface area contributed by atoms with Crippen molar-refractivity contribution in [3.05, 3.63) is 59.2 Å². The van der Waals surface area contributed by atoms with Gasteiger partial charge in [0, 0.05) is 14.4 Å². The van der Waals surface area contributed by atoms with E-state index in [-0.39, 0.29) is 19.9 Å². The quantitative estimate of drug-likeness (QED) is 0.207. The number of hydrogen-bond donors (Lipinski definition) is 0. The Morgan fingerprint density at radius 3 is 2.15 bits per heavy atom. The Morgan fingerprint density at radius 1 is 0.889 bits per heavy atom. The van der Waals surface area contributed by atoms with Crippen LogP contribution in [0.15, 0.2) is 30.3 Å². The second kappa shape index (κ2) is 9.05. The van der Waals surface area contributed by atoms with Gasteiger partial charge < -0.3 is 0 Å². The number of halogens is 4. The molecule has 0 aromatic heterocycles. The summed E-state index contributed by atoms with van der Waals surface area (Å²) in [5.74, 6) is -4.31. The molecule has 1 heterocycles. The number of unbranched alkanes of at least 4 members (excludes halogenated alkanes) is 2. The zero-order valence-corrected chi connectivity index (χ0v) is 16.6. The van der Waals surface area contributed by atoms with Gasteiger partial charge in [0.15, 0.2) is 17.5 Å². The lowest BCUT2D eigenvalue weighted by Gasteiger charge is -2.28. The van der Waals surface area contributed by atoms with Crippen molar-refractivity contribution in [2.24, 2.45) is 0 Å². The highest BCUT2D eigenvalue weighted by Crippen LogP contribution is 2.37. The second-order valence-corrected chi connectivity index (χ2v) is 10.5. The molecular formula is C22H25F4Si. The highest BCUT2D eigenvalue weighted by molar-refractivity contribution is 6.59. The van der Waals surface area contributed by atoms with Crippen LogP contribution < -0.4 is 0 Å². The minimum Gasteiger partial charge on any atom is -0.206 e. The van der Waals surface area contributed by atoms with Crippen LogP contribution in [0, 0.1) is 23.3 Å². The molecule has 0 spiro atoms. The van der Waals surface area contributed by atoms with E-state index >= 15 is 0 Å². The van der Waals surface area contributed by atoms with Crippen molar-refractivity contribution >= 4 is 8.80 Å². The highest BCUT2D eigenvalue weighted by atomic mass is 28.3. The summed E-state index contributed by atoms with van der Waals surface area (Å²) in [6, 6.07) is 10.5. The van der Waals surface area contributed by atoms with Crippen molar-refractivity contribution < 1.29 is 17.6 Å².